The Bertz CT molecular complexity index is 1540. The second-order valence-corrected chi connectivity index (χ2v) is 9.30. The van der Waals surface area contributed by atoms with Gasteiger partial charge in [-0.25, -0.2) is 13.4 Å². The van der Waals surface area contributed by atoms with Crippen LogP contribution >= 0.6 is 0 Å². The average Bonchev–Trinajstić information content (AvgIpc) is 2.72. The normalized spacial score (nSPS) is 10.9. The molecule has 1 aromatic heterocycles. The van der Waals surface area contributed by atoms with Gasteiger partial charge in [0.2, 0.25) is 5.95 Å². The Morgan fingerprint density at radius 1 is 0.771 bits per heavy atom. The van der Waals surface area contributed by atoms with Gasteiger partial charge in [-0.1, -0.05) is 12.1 Å². The van der Waals surface area contributed by atoms with Crippen LogP contribution in [0.2, 0.25) is 0 Å². The molecule has 10 nitrogen and oxygen atoms in total. The fraction of sp³-hybridized carbons (Fsp3) is 0. The van der Waals surface area contributed by atoms with E-state index in [9.17, 15) is 25.9 Å². The Balaban J connectivity index is 0.00000204. The third-order valence-corrected chi connectivity index (χ3v) is 6.09. The summed E-state index contributed by atoms with van der Waals surface area (Å²) in [5, 5.41) is 6.73. The van der Waals surface area contributed by atoms with Crippen LogP contribution < -0.4 is 67.2 Å². The summed E-state index contributed by atoms with van der Waals surface area (Å²) in [5.41, 5.74) is 1.06. The molecule has 3 aromatic carbocycles. The summed E-state index contributed by atoms with van der Waals surface area (Å²) in [6.45, 7) is 0. The molecule has 0 saturated carbocycles. The van der Waals surface area contributed by atoms with E-state index in [1.165, 1.54) is 36.5 Å². The van der Waals surface area contributed by atoms with Crippen LogP contribution in [0.25, 0.3) is 10.8 Å². The molecule has 0 unspecified atom stereocenters. The van der Waals surface area contributed by atoms with Crippen LogP contribution in [0, 0.1) is 6.07 Å². The summed E-state index contributed by atoms with van der Waals surface area (Å²) in [7, 11) is -9.16. The van der Waals surface area contributed by atoms with Crippen molar-refractivity contribution in [1.82, 2.24) is 9.97 Å². The van der Waals surface area contributed by atoms with Crippen molar-refractivity contribution in [3.05, 3.63) is 72.9 Å². The molecule has 4 rings (SSSR count). The van der Waals surface area contributed by atoms with Crippen LogP contribution in [0.1, 0.15) is 0 Å². The second kappa shape index (κ2) is 12.4. The van der Waals surface area contributed by atoms with Crippen molar-refractivity contribution in [2.24, 2.45) is 0 Å². The molecule has 35 heavy (non-hydrogen) atoms. The van der Waals surface area contributed by atoms with Crippen molar-refractivity contribution in [3.63, 3.8) is 0 Å². The van der Waals surface area contributed by atoms with Gasteiger partial charge in [-0.2, -0.15) is 23.2 Å². The molecule has 0 aliphatic heterocycles. The number of aromatic nitrogens is 2. The molecule has 164 valence electrons. The van der Waals surface area contributed by atoms with Crippen LogP contribution in [0.3, 0.4) is 0 Å². The Kier molecular flexibility index (Phi) is 11.1. The van der Waals surface area contributed by atoms with Crippen molar-refractivity contribution in [3.8, 4) is 0 Å². The van der Waals surface area contributed by atoms with E-state index in [1.807, 2.05) is 0 Å². The summed E-state index contributed by atoms with van der Waals surface area (Å²) >= 11 is 0. The third-order valence-electron chi connectivity index (χ3n) is 4.37. The van der Waals surface area contributed by atoms with Crippen LogP contribution in [-0.4, -0.2) is 35.9 Å². The first-order valence-electron chi connectivity index (χ1n) is 8.92. The molecule has 0 aliphatic rings. The van der Waals surface area contributed by atoms with Crippen molar-refractivity contribution in [2.75, 3.05) is 10.6 Å². The first-order chi connectivity index (χ1) is 15.1. The second-order valence-electron chi connectivity index (χ2n) is 6.57. The zero-order valence-corrected chi connectivity index (χ0v) is 20.6. The summed E-state index contributed by atoms with van der Waals surface area (Å²) in [5.74, 6) is 0.624. The van der Waals surface area contributed by atoms with Gasteiger partial charge >= 0.3 is 56.6 Å². The number of rotatable bonds is 6. The van der Waals surface area contributed by atoms with E-state index in [-0.39, 0.29) is 77.7 Å². The predicted molar refractivity (Wildman–Crippen MR) is 114 cm³/mol. The smallest absolute Gasteiger partial charge is 0.754 e. The molecule has 0 amide bonds. The SMILES string of the molecule is O=S(=O)([O-])c1ccc(Nc2ccnc(Nc3ccc4c(S(=O)(=O)[O-])c[c-]cc4c3)n2)cc1.[Li+].[Li+].[Li+]. The number of nitrogens with one attached hydrogen (secondary N) is 2. The molecule has 0 fully saturated rings. The van der Waals surface area contributed by atoms with Crippen molar-refractivity contribution < 1.29 is 82.5 Å². The number of anilines is 4. The van der Waals surface area contributed by atoms with Crippen LogP contribution in [0.4, 0.5) is 23.1 Å². The number of benzene rings is 3. The minimum atomic E-state index is -4.63. The van der Waals surface area contributed by atoms with Crippen LogP contribution in [0.15, 0.2) is 76.7 Å². The standard InChI is InChI=1S/C20H15N4O6S2.3Li/c25-31(26,27)16-7-4-14(5-8-16)22-19-10-11-21-20(24-19)23-15-6-9-17-13(12-15)2-1-3-18(17)32(28,29)30;;;/h2-12H,(H,25,26,27)(H,28,29,30)(H2,21,22,23,24);;;/q-1;3*+1/p-2. The Morgan fingerprint density at radius 3 is 2.06 bits per heavy atom. The molecule has 0 spiro atoms. The van der Waals surface area contributed by atoms with Crippen molar-refractivity contribution >= 4 is 54.1 Å². The largest absolute Gasteiger partial charge is 1.00 e. The maximum Gasteiger partial charge on any atom is 1.00 e. The molecule has 4 aromatic rings. The van der Waals surface area contributed by atoms with E-state index in [4.69, 9.17) is 0 Å². The zero-order chi connectivity index (χ0) is 22.9. The van der Waals surface area contributed by atoms with Crippen LogP contribution in [0.5, 0.6) is 0 Å². The van der Waals surface area contributed by atoms with E-state index in [0.717, 1.165) is 6.07 Å². The molecule has 1 heterocycles. The maximum absolute atomic E-state index is 11.4. The Morgan fingerprint density at radius 2 is 1.43 bits per heavy atom. The van der Waals surface area contributed by atoms with E-state index < -0.39 is 20.2 Å². The molecule has 0 aliphatic carbocycles. The summed E-state index contributed by atoms with van der Waals surface area (Å²) in [6, 6.07) is 16.9. The van der Waals surface area contributed by atoms with Gasteiger partial charge < -0.3 is 19.7 Å². The number of hydrogen-bond acceptors (Lipinski definition) is 10. The van der Waals surface area contributed by atoms with E-state index in [1.54, 1.807) is 24.3 Å². The molecular weight excluding hydrogens is 477 g/mol. The fourth-order valence-electron chi connectivity index (χ4n) is 2.95. The molecule has 2 N–H and O–H groups in total. The van der Waals surface area contributed by atoms with Gasteiger partial charge in [0.05, 0.1) is 15.0 Å². The Labute approximate surface area is 238 Å². The average molecular weight is 490 g/mol. The number of fused-ring (bicyclic) bond motifs is 1. The van der Waals surface area contributed by atoms with E-state index in [2.05, 4.69) is 26.7 Å². The summed E-state index contributed by atoms with van der Waals surface area (Å²) < 4.78 is 67.3. The molecule has 0 atom stereocenters. The van der Waals surface area contributed by atoms with Gasteiger partial charge in [-0.05, 0) is 41.3 Å². The van der Waals surface area contributed by atoms with Gasteiger partial charge in [0.1, 0.15) is 15.9 Å². The van der Waals surface area contributed by atoms with Gasteiger partial charge in [-0.3, -0.25) is 8.42 Å². The molecule has 0 saturated heterocycles. The van der Waals surface area contributed by atoms with Gasteiger partial charge in [0, 0.05) is 17.6 Å². The molecule has 0 radical (unpaired) electrons. The van der Waals surface area contributed by atoms with Gasteiger partial charge in [0.15, 0.2) is 0 Å². The Hall–Kier alpha value is -1.79. The topological polar surface area (TPSA) is 164 Å². The third kappa shape index (κ3) is 7.85. The zero-order valence-electron chi connectivity index (χ0n) is 19.0. The maximum atomic E-state index is 11.4. The quantitative estimate of drug-likeness (QED) is 0.151. The minimum Gasteiger partial charge on any atom is -0.754 e. The minimum absolute atomic E-state index is 0. The van der Waals surface area contributed by atoms with Gasteiger partial charge in [-0.15, -0.1) is 10.8 Å². The number of hydrogen-bond donors (Lipinski definition) is 2. The molecule has 0 bridgehead atoms. The monoisotopic (exact) mass is 490 g/mol. The molecule has 15 heteroatoms. The van der Waals surface area contributed by atoms with E-state index >= 15 is 0 Å². The van der Waals surface area contributed by atoms with Crippen molar-refractivity contribution in [1.29, 1.82) is 0 Å². The first-order valence-corrected chi connectivity index (χ1v) is 11.7. The first kappa shape index (κ1) is 31.2. The van der Waals surface area contributed by atoms with Gasteiger partial charge in [0.25, 0.3) is 0 Å². The summed E-state index contributed by atoms with van der Waals surface area (Å²) in [6.07, 6.45) is 1.49. The van der Waals surface area contributed by atoms with Crippen molar-refractivity contribution in [2.45, 2.75) is 9.79 Å². The van der Waals surface area contributed by atoms with E-state index in [0.29, 0.717) is 22.6 Å². The molecular formula is C20H13Li3N4O6S2. The van der Waals surface area contributed by atoms with Crippen LogP contribution in [-0.2, 0) is 20.2 Å². The predicted octanol–water partition coefficient (Wildman–Crippen LogP) is -6.26. The summed E-state index contributed by atoms with van der Waals surface area (Å²) in [4.78, 5) is 7.74. The number of nitrogens with zero attached hydrogens (tertiary/aromatic N) is 2. The fourth-order valence-corrected chi connectivity index (χ4v) is 4.08.